The van der Waals surface area contributed by atoms with E-state index in [4.69, 9.17) is 0 Å². The molecule has 1 aliphatic rings. The number of halogens is 1. The predicted octanol–water partition coefficient (Wildman–Crippen LogP) is 2.43. The number of aromatic nitrogens is 3. The van der Waals surface area contributed by atoms with E-state index in [9.17, 15) is 9.65 Å². The van der Waals surface area contributed by atoms with E-state index in [1.165, 1.54) is 6.07 Å². The summed E-state index contributed by atoms with van der Waals surface area (Å²) in [5.74, 6) is 0.297. The van der Waals surface area contributed by atoms with Crippen molar-refractivity contribution in [1.29, 1.82) is 5.26 Å². The maximum Gasteiger partial charge on any atom is 0.153 e. The second-order valence-corrected chi connectivity index (χ2v) is 5.77. The Hall–Kier alpha value is -3.14. The molecule has 3 heterocycles. The van der Waals surface area contributed by atoms with Crippen molar-refractivity contribution >= 4 is 17.2 Å². The van der Waals surface area contributed by atoms with Gasteiger partial charge in [0.1, 0.15) is 23.3 Å². The summed E-state index contributed by atoms with van der Waals surface area (Å²) in [6.07, 6.45) is 4.40. The average molecular weight is 322 g/mol. The maximum absolute atomic E-state index is 13.8. The summed E-state index contributed by atoms with van der Waals surface area (Å²) in [5.41, 5.74) is 1.56. The maximum atomic E-state index is 13.8. The third kappa shape index (κ3) is 2.52. The lowest BCUT2D eigenvalue weighted by Gasteiger charge is -2.20. The van der Waals surface area contributed by atoms with Gasteiger partial charge >= 0.3 is 0 Å². The molecule has 120 valence electrons. The first-order chi connectivity index (χ1) is 11.7. The summed E-state index contributed by atoms with van der Waals surface area (Å²) >= 11 is 0. The van der Waals surface area contributed by atoms with Gasteiger partial charge in [0.05, 0.1) is 5.69 Å². The zero-order valence-electron chi connectivity index (χ0n) is 12.9. The predicted molar refractivity (Wildman–Crippen MR) is 88.3 cm³/mol. The van der Waals surface area contributed by atoms with Crippen molar-refractivity contribution in [2.24, 2.45) is 0 Å². The van der Waals surface area contributed by atoms with Crippen molar-refractivity contribution in [2.45, 2.75) is 12.5 Å². The van der Waals surface area contributed by atoms with Gasteiger partial charge in [-0.15, -0.1) is 5.10 Å². The summed E-state index contributed by atoms with van der Waals surface area (Å²) in [6, 6.07) is 10.7. The third-order valence-electron chi connectivity index (χ3n) is 4.24. The molecule has 1 aromatic carbocycles. The molecule has 3 aromatic rings. The van der Waals surface area contributed by atoms with Crippen LogP contribution in [-0.4, -0.2) is 33.7 Å². The van der Waals surface area contributed by atoms with Crippen LogP contribution in [-0.2, 0) is 0 Å². The van der Waals surface area contributed by atoms with Gasteiger partial charge in [-0.05, 0) is 30.7 Å². The zero-order chi connectivity index (χ0) is 16.5. The minimum atomic E-state index is -0.473. The van der Waals surface area contributed by atoms with Crippen molar-refractivity contribution in [2.75, 3.05) is 23.3 Å². The Morgan fingerprint density at radius 1 is 1.29 bits per heavy atom. The van der Waals surface area contributed by atoms with Gasteiger partial charge in [-0.3, -0.25) is 0 Å². The molecule has 4 rings (SSSR count). The normalized spacial score (nSPS) is 17.2. The lowest BCUT2D eigenvalue weighted by molar-refractivity contribution is 0.623. The zero-order valence-corrected chi connectivity index (χ0v) is 12.9. The SMILES string of the molecule is N#Cc1c(F)cccc1N1CCC(Nc2ccc3nccn3n2)C1. The Labute approximate surface area is 138 Å². The van der Waals surface area contributed by atoms with Crippen LogP contribution in [0.4, 0.5) is 15.9 Å². The lowest BCUT2D eigenvalue weighted by atomic mass is 10.1. The number of nitriles is 1. The standard InChI is InChI=1S/C17H15FN6/c18-14-2-1-3-15(13(14)10-19)23-8-6-12(11-23)21-16-4-5-17-20-7-9-24(17)22-16/h1-5,7,9,12H,6,8,11H2,(H,21,22). The second kappa shape index (κ2) is 5.81. The van der Waals surface area contributed by atoms with Gasteiger partial charge in [0.25, 0.3) is 0 Å². The van der Waals surface area contributed by atoms with Crippen LogP contribution in [0.3, 0.4) is 0 Å². The highest BCUT2D eigenvalue weighted by atomic mass is 19.1. The quantitative estimate of drug-likeness (QED) is 0.802. The van der Waals surface area contributed by atoms with Gasteiger partial charge in [-0.1, -0.05) is 6.07 Å². The summed E-state index contributed by atoms with van der Waals surface area (Å²) in [4.78, 5) is 6.21. The largest absolute Gasteiger partial charge is 0.368 e. The highest BCUT2D eigenvalue weighted by Gasteiger charge is 2.25. The number of hydrogen-bond acceptors (Lipinski definition) is 5. The number of nitrogens with zero attached hydrogens (tertiary/aromatic N) is 5. The monoisotopic (exact) mass is 322 g/mol. The lowest BCUT2D eigenvalue weighted by Crippen LogP contribution is -2.27. The highest BCUT2D eigenvalue weighted by Crippen LogP contribution is 2.27. The molecule has 1 fully saturated rings. The molecule has 7 heteroatoms. The molecule has 1 aliphatic heterocycles. The van der Waals surface area contributed by atoms with E-state index in [0.717, 1.165) is 24.4 Å². The highest BCUT2D eigenvalue weighted by molar-refractivity contribution is 5.61. The molecule has 0 aliphatic carbocycles. The molecule has 2 aromatic heterocycles. The fourth-order valence-electron chi connectivity index (χ4n) is 3.09. The molecule has 1 atom stereocenters. The first-order valence-corrected chi connectivity index (χ1v) is 7.75. The van der Waals surface area contributed by atoms with Crippen molar-refractivity contribution in [3.05, 3.63) is 54.1 Å². The van der Waals surface area contributed by atoms with E-state index in [-0.39, 0.29) is 11.6 Å². The number of fused-ring (bicyclic) bond motifs is 1. The van der Waals surface area contributed by atoms with E-state index in [2.05, 4.69) is 15.4 Å². The van der Waals surface area contributed by atoms with Gasteiger partial charge in [-0.25, -0.2) is 13.9 Å². The number of imidazole rings is 1. The number of hydrogen-bond donors (Lipinski definition) is 1. The molecular weight excluding hydrogens is 307 g/mol. The molecular formula is C17H15FN6. The summed E-state index contributed by atoms with van der Waals surface area (Å²) in [7, 11) is 0. The molecule has 0 bridgehead atoms. The Morgan fingerprint density at radius 3 is 3.08 bits per heavy atom. The molecule has 0 saturated carbocycles. The molecule has 1 N–H and O–H groups in total. The summed E-state index contributed by atoms with van der Waals surface area (Å²) in [5, 5.41) is 17.0. The molecule has 24 heavy (non-hydrogen) atoms. The van der Waals surface area contributed by atoms with Crippen LogP contribution in [0.1, 0.15) is 12.0 Å². The van der Waals surface area contributed by atoms with Gasteiger partial charge in [-0.2, -0.15) is 5.26 Å². The first-order valence-electron chi connectivity index (χ1n) is 7.75. The van der Waals surface area contributed by atoms with Gasteiger partial charge < -0.3 is 10.2 Å². The van der Waals surface area contributed by atoms with E-state index < -0.39 is 5.82 Å². The van der Waals surface area contributed by atoms with Crippen LogP contribution in [0.25, 0.3) is 5.65 Å². The molecule has 1 saturated heterocycles. The Balaban J connectivity index is 1.50. The van der Waals surface area contributed by atoms with Gasteiger partial charge in [0, 0.05) is 31.5 Å². The van der Waals surface area contributed by atoms with Crippen LogP contribution in [0.5, 0.6) is 0 Å². The average Bonchev–Trinajstić information content (AvgIpc) is 3.23. The van der Waals surface area contributed by atoms with E-state index in [0.29, 0.717) is 12.2 Å². The van der Waals surface area contributed by atoms with E-state index in [1.807, 2.05) is 23.1 Å². The van der Waals surface area contributed by atoms with Crippen LogP contribution in [0, 0.1) is 17.1 Å². The van der Waals surface area contributed by atoms with Crippen molar-refractivity contribution < 1.29 is 4.39 Å². The smallest absolute Gasteiger partial charge is 0.153 e. The number of benzene rings is 1. The van der Waals surface area contributed by atoms with Crippen molar-refractivity contribution in [1.82, 2.24) is 14.6 Å². The summed E-state index contributed by atoms with van der Waals surface area (Å²) in [6.45, 7) is 1.46. The minimum Gasteiger partial charge on any atom is -0.368 e. The number of anilines is 2. The first kappa shape index (κ1) is 14.5. The van der Waals surface area contributed by atoms with Crippen LogP contribution < -0.4 is 10.2 Å². The van der Waals surface area contributed by atoms with E-state index >= 15 is 0 Å². The Bertz CT molecular complexity index is 928. The minimum absolute atomic E-state index is 0.108. The molecule has 0 spiro atoms. The Morgan fingerprint density at radius 2 is 2.21 bits per heavy atom. The van der Waals surface area contributed by atoms with E-state index in [1.54, 1.807) is 29.0 Å². The molecule has 1 unspecified atom stereocenters. The fourth-order valence-corrected chi connectivity index (χ4v) is 3.09. The third-order valence-corrected chi connectivity index (χ3v) is 4.24. The Kier molecular flexibility index (Phi) is 3.50. The molecule has 0 amide bonds. The number of nitrogens with one attached hydrogen (secondary N) is 1. The summed E-state index contributed by atoms with van der Waals surface area (Å²) < 4.78 is 15.5. The van der Waals surface area contributed by atoms with Gasteiger partial charge in [0.2, 0.25) is 0 Å². The van der Waals surface area contributed by atoms with Crippen LogP contribution in [0.2, 0.25) is 0 Å². The topological polar surface area (TPSA) is 69.2 Å². The van der Waals surface area contributed by atoms with Crippen LogP contribution in [0.15, 0.2) is 42.7 Å². The molecule has 0 radical (unpaired) electrons. The molecule has 6 nitrogen and oxygen atoms in total. The van der Waals surface area contributed by atoms with Crippen molar-refractivity contribution in [3.8, 4) is 6.07 Å². The van der Waals surface area contributed by atoms with Gasteiger partial charge in [0.15, 0.2) is 5.65 Å². The second-order valence-electron chi connectivity index (χ2n) is 5.77. The van der Waals surface area contributed by atoms with Crippen molar-refractivity contribution in [3.63, 3.8) is 0 Å². The van der Waals surface area contributed by atoms with Crippen LogP contribution >= 0.6 is 0 Å². The fraction of sp³-hybridized carbons (Fsp3) is 0.235. The number of rotatable bonds is 3.